The summed E-state index contributed by atoms with van der Waals surface area (Å²) in [7, 11) is 0. The summed E-state index contributed by atoms with van der Waals surface area (Å²) in [6.07, 6.45) is 1.82. The molecule has 0 radical (unpaired) electrons. The van der Waals surface area contributed by atoms with Crippen LogP contribution in [0.3, 0.4) is 0 Å². The van der Waals surface area contributed by atoms with E-state index in [1.807, 2.05) is 63.2 Å². The maximum absolute atomic E-state index is 13.9. The van der Waals surface area contributed by atoms with Gasteiger partial charge in [0.1, 0.15) is 18.2 Å². The van der Waals surface area contributed by atoms with Crippen molar-refractivity contribution in [3.63, 3.8) is 0 Å². The predicted molar refractivity (Wildman–Crippen MR) is 160 cm³/mol. The Kier molecular flexibility index (Phi) is 8.52. The lowest BCUT2D eigenvalue weighted by Gasteiger charge is -2.29. The zero-order chi connectivity index (χ0) is 29.1. The van der Waals surface area contributed by atoms with Crippen molar-refractivity contribution in [3.05, 3.63) is 131 Å². The van der Waals surface area contributed by atoms with Crippen molar-refractivity contribution in [1.82, 2.24) is 9.47 Å². The van der Waals surface area contributed by atoms with Crippen molar-refractivity contribution in [2.24, 2.45) is 4.99 Å². The number of halogens is 2. The summed E-state index contributed by atoms with van der Waals surface area (Å²) in [6.45, 7) is 7.10. The van der Waals surface area contributed by atoms with E-state index in [-0.39, 0.29) is 17.3 Å². The first-order chi connectivity index (χ1) is 19.8. The number of likely N-dealkylation sites (N-methyl/N-ethyl adjacent to an activating group) is 1. The molecule has 0 fully saturated rings. The lowest BCUT2D eigenvalue weighted by atomic mass is 9.94. The highest BCUT2D eigenvalue weighted by Crippen LogP contribution is 2.31. The first-order valence-electron chi connectivity index (χ1n) is 13.3. The standard InChI is InChI=1S/C32H29ClFN3O3S/c1-4-36(5-2)31(39)28-20(3)35-32-37(29(28)23-10-12-24(33)13-11-23)30(38)27(41-32)18-21-8-16-26(17-9-21)40-19-22-6-14-25(34)15-7-22/h6-18,29H,4-5,19H2,1-3H3/b27-18+/t29-/m1/s1. The van der Waals surface area contributed by atoms with Crippen molar-refractivity contribution in [2.75, 3.05) is 13.1 Å². The highest BCUT2D eigenvalue weighted by molar-refractivity contribution is 7.07. The van der Waals surface area contributed by atoms with Gasteiger partial charge in [0.15, 0.2) is 4.80 Å². The minimum absolute atomic E-state index is 0.137. The summed E-state index contributed by atoms with van der Waals surface area (Å²) in [6, 6.07) is 20.2. The maximum atomic E-state index is 13.9. The lowest BCUT2D eigenvalue weighted by molar-refractivity contribution is -0.127. The fourth-order valence-electron chi connectivity index (χ4n) is 4.80. The second kappa shape index (κ2) is 12.2. The number of carbonyl (C=O) groups excluding carboxylic acids is 1. The third kappa shape index (κ3) is 6.04. The largest absolute Gasteiger partial charge is 0.489 e. The number of nitrogens with zero attached hydrogens (tertiary/aromatic N) is 3. The molecule has 210 valence electrons. The van der Waals surface area contributed by atoms with Gasteiger partial charge in [0.25, 0.3) is 11.5 Å². The highest BCUT2D eigenvalue weighted by Gasteiger charge is 2.34. The second-order valence-corrected chi connectivity index (χ2v) is 11.0. The molecule has 9 heteroatoms. The molecule has 0 saturated heterocycles. The molecule has 0 saturated carbocycles. The van der Waals surface area contributed by atoms with Crippen molar-refractivity contribution in [2.45, 2.75) is 33.4 Å². The van der Waals surface area contributed by atoms with Gasteiger partial charge in [0, 0.05) is 18.1 Å². The Morgan fingerprint density at radius 3 is 2.34 bits per heavy atom. The average molecular weight is 590 g/mol. The molecule has 0 unspecified atom stereocenters. The first kappa shape index (κ1) is 28.5. The number of hydrogen-bond acceptors (Lipinski definition) is 5. The number of ether oxygens (including phenoxy) is 1. The van der Waals surface area contributed by atoms with E-state index < -0.39 is 6.04 Å². The van der Waals surface area contributed by atoms with Crippen LogP contribution in [0.2, 0.25) is 5.02 Å². The number of carbonyl (C=O) groups is 1. The molecule has 3 aromatic carbocycles. The van der Waals surface area contributed by atoms with E-state index in [4.69, 9.17) is 21.3 Å². The third-order valence-corrected chi connectivity index (χ3v) is 8.22. The molecule has 5 rings (SSSR count). The van der Waals surface area contributed by atoms with Gasteiger partial charge in [0.05, 0.1) is 21.8 Å². The molecule has 4 aromatic rings. The number of aromatic nitrogens is 1. The molecule has 2 heterocycles. The molecule has 0 spiro atoms. The Bertz CT molecular complexity index is 1770. The molecule has 0 bridgehead atoms. The number of thiazole rings is 1. The minimum Gasteiger partial charge on any atom is -0.489 e. The van der Waals surface area contributed by atoms with E-state index >= 15 is 0 Å². The van der Waals surface area contributed by atoms with E-state index in [2.05, 4.69) is 0 Å². The van der Waals surface area contributed by atoms with Crippen LogP contribution in [0.1, 0.15) is 43.5 Å². The quantitative estimate of drug-likeness (QED) is 0.274. The van der Waals surface area contributed by atoms with Gasteiger partial charge in [-0.05, 0) is 79.9 Å². The Morgan fingerprint density at radius 1 is 1.05 bits per heavy atom. The van der Waals surface area contributed by atoms with E-state index in [9.17, 15) is 14.0 Å². The molecule has 6 nitrogen and oxygen atoms in total. The number of allylic oxidation sites excluding steroid dienone is 1. The molecule has 1 aliphatic heterocycles. The smallest absolute Gasteiger partial charge is 0.271 e. The van der Waals surface area contributed by atoms with Crippen LogP contribution in [-0.2, 0) is 11.4 Å². The summed E-state index contributed by atoms with van der Waals surface area (Å²) in [5.41, 5.74) is 3.33. The summed E-state index contributed by atoms with van der Waals surface area (Å²) < 4.78 is 21.1. The normalized spacial score (nSPS) is 15.0. The number of hydrogen-bond donors (Lipinski definition) is 0. The van der Waals surface area contributed by atoms with Crippen molar-refractivity contribution >= 4 is 34.9 Å². The lowest BCUT2D eigenvalue weighted by Crippen LogP contribution is -2.43. The van der Waals surface area contributed by atoms with Crippen molar-refractivity contribution in [1.29, 1.82) is 0 Å². The Balaban J connectivity index is 1.50. The third-order valence-electron chi connectivity index (χ3n) is 6.99. The second-order valence-electron chi connectivity index (χ2n) is 9.59. The van der Waals surface area contributed by atoms with Gasteiger partial charge in [-0.2, -0.15) is 0 Å². The van der Waals surface area contributed by atoms with Crippen LogP contribution < -0.4 is 19.6 Å². The maximum Gasteiger partial charge on any atom is 0.271 e. The molecule has 0 N–H and O–H groups in total. The van der Waals surface area contributed by atoms with E-state index in [1.54, 1.807) is 33.7 Å². The zero-order valence-corrected chi connectivity index (χ0v) is 24.5. The molecule has 1 amide bonds. The van der Waals surface area contributed by atoms with Crippen LogP contribution in [0.15, 0.2) is 93.9 Å². The molecule has 0 aliphatic carbocycles. The summed E-state index contributed by atoms with van der Waals surface area (Å²) >= 11 is 7.46. The van der Waals surface area contributed by atoms with Gasteiger partial charge in [-0.3, -0.25) is 14.2 Å². The zero-order valence-electron chi connectivity index (χ0n) is 22.9. The van der Waals surface area contributed by atoms with Gasteiger partial charge in [0.2, 0.25) is 0 Å². The number of fused-ring (bicyclic) bond motifs is 1. The summed E-state index contributed by atoms with van der Waals surface area (Å²) in [5.74, 6) is 0.234. The highest BCUT2D eigenvalue weighted by atomic mass is 35.5. The average Bonchev–Trinajstić information content (AvgIpc) is 3.27. The van der Waals surface area contributed by atoms with Gasteiger partial charge >= 0.3 is 0 Å². The fourth-order valence-corrected chi connectivity index (χ4v) is 5.97. The van der Waals surface area contributed by atoms with Crippen molar-refractivity contribution < 1.29 is 13.9 Å². The van der Waals surface area contributed by atoms with Crippen molar-refractivity contribution in [3.8, 4) is 5.75 Å². The Morgan fingerprint density at radius 2 is 1.71 bits per heavy atom. The van der Waals surface area contributed by atoms with Crippen LogP contribution in [0.5, 0.6) is 5.75 Å². The van der Waals surface area contributed by atoms with Gasteiger partial charge in [-0.25, -0.2) is 9.38 Å². The van der Waals surface area contributed by atoms with E-state index in [1.165, 1.54) is 23.5 Å². The van der Waals surface area contributed by atoms with E-state index in [0.717, 1.165) is 16.7 Å². The van der Waals surface area contributed by atoms with E-state index in [0.29, 0.717) is 51.1 Å². The molecular weight excluding hydrogens is 561 g/mol. The first-order valence-corrected chi connectivity index (χ1v) is 14.5. The Hall–Kier alpha value is -4.01. The van der Waals surface area contributed by atoms with Crippen LogP contribution in [0.25, 0.3) is 6.08 Å². The molecule has 1 atom stereocenters. The minimum atomic E-state index is -0.624. The summed E-state index contributed by atoms with van der Waals surface area (Å²) in [5, 5.41) is 0.573. The number of amides is 1. The van der Waals surface area contributed by atoms with Gasteiger partial charge < -0.3 is 9.64 Å². The number of rotatable bonds is 8. The van der Waals surface area contributed by atoms with Crippen LogP contribution in [0.4, 0.5) is 4.39 Å². The SMILES string of the molecule is CCN(CC)C(=O)C1=C(C)N=c2s/c(=C/c3ccc(OCc4ccc(F)cc4)cc3)c(=O)n2[C@@H]1c1ccc(Cl)cc1. The topological polar surface area (TPSA) is 63.9 Å². The number of benzene rings is 3. The van der Waals surface area contributed by atoms with Crippen LogP contribution >= 0.6 is 22.9 Å². The molecule has 1 aliphatic rings. The molecular formula is C32H29ClFN3O3S. The monoisotopic (exact) mass is 589 g/mol. The summed E-state index contributed by atoms with van der Waals surface area (Å²) in [4.78, 5) is 34.5. The van der Waals surface area contributed by atoms with Gasteiger partial charge in [-0.15, -0.1) is 0 Å². The Labute approximate surface area is 246 Å². The fraction of sp³-hybridized carbons (Fsp3) is 0.219. The molecule has 41 heavy (non-hydrogen) atoms. The van der Waals surface area contributed by atoms with Crippen LogP contribution in [-0.4, -0.2) is 28.5 Å². The van der Waals surface area contributed by atoms with Gasteiger partial charge in [-0.1, -0.05) is 59.3 Å². The van der Waals surface area contributed by atoms with Crippen LogP contribution in [0, 0.1) is 5.82 Å². The molecule has 1 aromatic heterocycles. The predicted octanol–water partition coefficient (Wildman–Crippen LogP) is 5.48.